The highest BCUT2D eigenvalue weighted by molar-refractivity contribution is 7.47. The molecule has 0 aliphatic carbocycles. The summed E-state index contributed by atoms with van der Waals surface area (Å²) in [5, 5.41) is 8.90. The number of phosphoric acid groups is 1. The summed E-state index contributed by atoms with van der Waals surface area (Å²) in [5.74, 6) is -2.82. The van der Waals surface area contributed by atoms with Gasteiger partial charge in [0, 0.05) is 19.3 Å². The van der Waals surface area contributed by atoms with Crippen molar-refractivity contribution in [2.24, 2.45) is 5.73 Å². The number of carboxylic acids is 1. The van der Waals surface area contributed by atoms with Crippen LogP contribution in [-0.4, -0.2) is 65.7 Å². The predicted molar refractivity (Wildman–Crippen MR) is 245 cm³/mol. The Bertz CT molecular complexity index is 1370. The van der Waals surface area contributed by atoms with Crippen molar-refractivity contribution < 1.29 is 52.3 Å². The lowest BCUT2D eigenvalue weighted by molar-refractivity contribution is -0.161. The maximum absolute atomic E-state index is 12.7. The van der Waals surface area contributed by atoms with Crippen LogP contribution in [0.3, 0.4) is 0 Å². The van der Waals surface area contributed by atoms with Crippen LogP contribution < -0.4 is 5.73 Å². The quantitative estimate of drug-likeness (QED) is 0.0132. The molecule has 13 heteroatoms. The molecule has 0 aromatic heterocycles. The minimum absolute atomic E-state index is 0.0713. The molecule has 4 N–H and O–H groups in total. The number of hydrogen-bond acceptors (Lipinski definition) is 10. The fourth-order valence-corrected chi connectivity index (χ4v) is 6.53. The van der Waals surface area contributed by atoms with E-state index in [-0.39, 0.29) is 31.5 Å². The number of esters is 2. The van der Waals surface area contributed by atoms with E-state index in [1.54, 1.807) is 12.2 Å². The van der Waals surface area contributed by atoms with E-state index in [9.17, 15) is 28.6 Å². The Morgan fingerprint density at radius 3 is 1.59 bits per heavy atom. The van der Waals surface area contributed by atoms with Gasteiger partial charge in [-0.3, -0.25) is 28.2 Å². The number of rotatable bonds is 42. The van der Waals surface area contributed by atoms with Gasteiger partial charge in [-0.2, -0.15) is 0 Å². The highest BCUT2D eigenvalue weighted by atomic mass is 31.2. The zero-order valence-electron chi connectivity index (χ0n) is 37.5. The number of aliphatic carboxylic acids is 1. The molecule has 0 aliphatic rings. The molecule has 0 heterocycles. The molecule has 0 amide bonds. The topological polar surface area (TPSA) is 189 Å². The van der Waals surface area contributed by atoms with Crippen molar-refractivity contribution in [2.45, 2.75) is 187 Å². The summed E-state index contributed by atoms with van der Waals surface area (Å²) < 4.78 is 32.5. The van der Waals surface area contributed by atoms with Gasteiger partial charge >= 0.3 is 25.7 Å². The summed E-state index contributed by atoms with van der Waals surface area (Å²) in [5.41, 5.74) is 5.32. The Morgan fingerprint density at radius 1 is 0.557 bits per heavy atom. The molecular weight excluding hydrogens is 797 g/mol. The van der Waals surface area contributed by atoms with E-state index >= 15 is 0 Å². The van der Waals surface area contributed by atoms with Crippen LogP contribution >= 0.6 is 7.82 Å². The second-order valence-corrected chi connectivity index (χ2v) is 16.7. The van der Waals surface area contributed by atoms with Crippen molar-refractivity contribution in [3.05, 3.63) is 72.9 Å². The minimum atomic E-state index is -4.78. The summed E-state index contributed by atoms with van der Waals surface area (Å²) >= 11 is 0. The van der Waals surface area contributed by atoms with Gasteiger partial charge in [0.25, 0.3) is 0 Å². The van der Waals surface area contributed by atoms with Crippen LogP contribution in [0, 0.1) is 0 Å². The number of phosphoric ester groups is 1. The molecule has 348 valence electrons. The largest absolute Gasteiger partial charge is 0.480 e. The van der Waals surface area contributed by atoms with Crippen molar-refractivity contribution in [3.8, 4) is 0 Å². The molecule has 0 aromatic carbocycles. The first kappa shape index (κ1) is 57.6. The SMILES string of the molecule is CCCCC/C=C\C/C=C\C/C=C\C=C\C(=O)CCCC(=O)OC[C@H](COP(=O)(O)OC[C@H](N)C(=O)O)OC(=O)CCCCCCCCCCC/C=C\C/C=C\CCCCC. The third-order valence-electron chi connectivity index (χ3n) is 9.40. The average Bonchev–Trinajstić information content (AvgIpc) is 3.23. The zero-order valence-corrected chi connectivity index (χ0v) is 38.4. The maximum atomic E-state index is 12.7. The van der Waals surface area contributed by atoms with Gasteiger partial charge < -0.3 is 25.2 Å². The molecule has 1 unspecified atom stereocenters. The summed E-state index contributed by atoms with van der Waals surface area (Å²) in [7, 11) is -4.78. The molecule has 0 rings (SSSR count). The average molecular weight is 878 g/mol. The highest BCUT2D eigenvalue weighted by Gasteiger charge is 2.28. The van der Waals surface area contributed by atoms with Crippen LogP contribution in [0.2, 0.25) is 0 Å². The lowest BCUT2D eigenvalue weighted by atomic mass is 10.1. The molecular formula is C48H80NO11P. The summed E-state index contributed by atoms with van der Waals surface area (Å²) in [4.78, 5) is 58.2. The van der Waals surface area contributed by atoms with Crippen LogP contribution in [0.15, 0.2) is 72.9 Å². The monoisotopic (exact) mass is 878 g/mol. The van der Waals surface area contributed by atoms with Gasteiger partial charge in [0.1, 0.15) is 12.6 Å². The van der Waals surface area contributed by atoms with Crippen molar-refractivity contribution in [2.75, 3.05) is 19.8 Å². The minimum Gasteiger partial charge on any atom is -0.480 e. The summed E-state index contributed by atoms with van der Waals surface area (Å²) in [6.07, 6.45) is 46.8. The molecule has 0 radical (unpaired) electrons. The van der Waals surface area contributed by atoms with E-state index in [1.165, 1.54) is 76.7 Å². The Labute approximate surface area is 367 Å². The normalized spacial score (nSPS) is 14.2. The molecule has 0 spiro atoms. The number of nitrogens with two attached hydrogens (primary N) is 1. The Balaban J connectivity index is 4.52. The first-order chi connectivity index (χ1) is 29.5. The van der Waals surface area contributed by atoms with Crippen molar-refractivity contribution in [3.63, 3.8) is 0 Å². The first-order valence-electron chi connectivity index (χ1n) is 22.9. The molecule has 0 aliphatic heterocycles. The lowest BCUT2D eigenvalue weighted by Gasteiger charge is -2.20. The number of ketones is 1. The smallest absolute Gasteiger partial charge is 0.472 e. The van der Waals surface area contributed by atoms with Crippen LogP contribution in [-0.2, 0) is 42.3 Å². The molecule has 0 aromatic rings. The third kappa shape index (κ3) is 41.7. The molecule has 61 heavy (non-hydrogen) atoms. The van der Waals surface area contributed by atoms with Crippen molar-refractivity contribution >= 4 is 31.5 Å². The van der Waals surface area contributed by atoms with E-state index in [2.05, 4.69) is 67.0 Å². The summed E-state index contributed by atoms with van der Waals surface area (Å²) in [6, 6.07) is -1.56. The van der Waals surface area contributed by atoms with E-state index in [1.807, 2.05) is 6.08 Å². The first-order valence-corrected chi connectivity index (χ1v) is 24.4. The van der Waals surface area contributed by atoms with Crippen molar-refractivity contribution in [1.82, 2.24) is 0 Å². The van der Waals surface area contributed by atoms with Crippen LogP contribution in [0.4, 0.5) is 0 Å². The predicted octanol–water partition coefficient (Wildman–Crippen LogP) is 11.7. The van der Waals surface area contributed by atoms with Gasteiger partial charge in [0.05, 0.1) is 13.2 Å². The fourth-order valence-electron chi connectivity index (χ4n) is 5.75. The van der Waals surface area contributed by atoms with Gasteiger partial charge in [-0.05, 0) is 76.7 Å². The standard InChI is InChI=1S/C48H80NO11P/c1-3-5-7-9-11-13-15-17-18-19-20-21-22-24-26-28-30-32-34-38-47(52)60-44(41-58-61(55,56)59-42-45(49)48(53)54)40-57-46(51)39-35-37-43(50)36-33-31-29-27-25-23-16-14-12-10-8-6-4-2/h11-14,17-18,23,25,29,31,33,36,44-45H,3-10,15-16,19-22,24,26-28,30,32,34-35,37-42,49H2,1-2H3,(H,53,54)(H,55,56)/b13-11-,14-12-,18-17-,25-23-,31-29-,36-33+/t44-,45+/m1/s1. The van der Waals surface area contributed by atoms with Gasteiger partial charge in [0.2, 0.25) is 0 Å². The van der Waals surface area contributed by atoms with Crippen LogP contribution in [0.25, 0.3) is 0 Å². The number of hydrogen-bond donors (Lipinski definition) is 3. The Morgan fingerprint density at radius 2 is 1.03 bits per heavy atom. The lowest BCUT2D eigenvalue weighted by Crippen LogP contribution is -2.34. The molecule has 3 atom stereocenters. The Kier molecular flexibility index (Phi) is 39.6. The fraction of sp³-hybridized carbons (Fsp3) is 0.667. The number of allylic oxidation sites excluding steroid dienone is 12. The van der Waals surface area contributed by atoms with E-state index in [0.717, 1.165) is 57.8 Å². The Hall–Kier alpha value is -3.41. The van der Waals surface area contributed by atoms with E-state index < -0.39 is 57.7 Å². The van der Waals surface area contributed by atoms with Crippen LogP contribution in [0.5, 0.6) is 0 Å². The third-order valence-corrected chi connectivity index (χ3v) is 10.4. The summed E-state index contributed by atoms with van der Waals surface area (Å²) in [6.45, 7) is 2.50. The maximum Gasteiger partial charge on any atom is 0.472 e. The van der Waals surface area contributed by atoms with E-state index in [0.29, 0.717) is 6.42 Å². The van der Waals surface area contributed by atoms with Gasteiger partial charge in [-0.25, -0.2) is 4.57 Å². The van der Waals surface area contributed by atoms with Crippen molar-refractivity contribution in [1.29, 1.82) is 0 Å². The van der Waals surface area contributed by atoms with E-state index in [4.69, 9.17) is 24.8 Å². The molecule has 0 fully saturated rings. The zero-order chi connectivity index (χ0) is 45.1. The second-order valence-electron chi connectivity index (χ2n) is 15.2. The number of carbonyl (C=O) groups is 4. The number of ether oxygens (including phenoxy) is 2. The second kappa shape index (κ2) is 41.9. The number of unbranched alkanes of at least 4 members (excludes halogenated alkanes) is 15. The molecule has 0 saturated heterocycles. The molecule has 0 bridgehead atoms. The molecule has 12 nitrogen and oxygen atoms in total. The van der Waals surface area contributed by atoms with Gasteiger partial charge in [-0.1, -0.05) is 151 Å². The number of carbonyl (C=O) groups excluding carboxylic acids is 3. The van der Waals surface area contributed by atoms with Gasteiger partial charge in [0.15, 0.2) is 11.9 Å². The van der Waals surface area contributed by atoms with Crippen LogP contribution in [0.1, 0.15) is 174 Å². The number of carboxylic acid groups (broad SMARTS) is 1. The van der Waals surface area contributed by atoms with Gasteiger partial charge in [-0.15, -0.1) is 0 Å². The highest BCUT2D eigenvalue weighted by Crippen LogP contribution is 2.43. The molecule has 0 saturated carbocycles.